The second-order valence-corrected chi connectivity index (χ2v) is 21.1. The van der Waals surface area contributed by atoms with Crippen molar-refractivity contribution < 1.29 is 49.3 Å². The maximum Gasteiger partial charge on any atom is 0.306 e. The number of nitrogens with one attached hydrogen (secondary N) is 1. The first-order valence-corrected chi connectivity index (χ1v) is 30.7. The molecule has 0 saturated carbocycles. The van der Waals surface area contributed by atoms with Crippen LogP contribution in [0.4, 0.5) is 0 Å². The Balaban J connectivity index is 2.70. The van der Waals surface area contributed by atoms with Gasteiger partial charge in [-0.15, -0.1) is 0 Å². The number of aliphatic hydroxyl groups excluding tert-OH is 5. The van der Waals surface area contributed by atoms with Crippen LogP contribution in [-0.2, 0) is 23.8 Å². The van der Waals surface area contributed by atoms with Gasteiger partial charge in [0.25, 0.3) is 0 Å². The van der Waals surface area contributed by atoms with Gasteiger partial charge in [-0.1, -0.05) is 261 Å². The zero-order chi connectivity index (χ0) is 54.7. The minimum Gasteiger partial charge on any atom is -0.454 e. The van der Waals surface area contributed by atoms with E-state index in [4.69, 9.17) is 14.2 Å². The summed E-state index contributed by atoms with van der Waals surface area (Å²) in [7, 11) is 0. The second kappa shape index (κ2) is 51.8. The van der Waals surface area contributed by atoms with Crippen molar-refractivity contribution in [2.45, 2.75) is 307 Å². The van der Waals surface area contributed by atoms with E-state index < -0.39 is 67.4 Å². The molecule has 1 aliphatic rings. The van der Waals surface area contributed by atoms with Gasteiger partial charge in [0, 0.05) is 6.42 Å². The van der Waals surface area contributed by atoms with Gasteiger partial charge >= 0.3 is 5.97 Å². The molecule has 1 aliphatic heterocycles. The minimum atomic E-state index is -1.62. The molecule has 0 aliphatic carbocycles. The Morgan fingerprint density at radius 1 is 0.533 bits per heavy atom. The summed E-state index contributed by atoms with van der Waals surface area (Å²) in [4.78, 5) is 26.5. The van der Waals surface area contributed by atoms with Crippen molar-refractivity contribution in [3.8, 4) is 0 Å². The number of amides is 1. The zero-order valence-corrected chi connectivity index (χ0v) is 47.9. The molecule has 1 saturated heterocycles. The molecule has 8 atom stereocenters. The molecule has 434 valence electrons. The van der Waals surface area contributed by atoms with Crippen LogP contribution in [0.15, 0.2) is 72.9 Å². The minimum absolute atomic E-state index is 0.118. The highest BCUT2D eigenvalue weighted by Gasteiger charge is 2.47. The highest BCUT2D eigenvalue weighted by Crippen LogP contribution is 2.26. The number of aliphatic hydroxyl groups is 5. The van der Waals surface area contributed by atoms with Gasteiger partial charge in [0.1, 0.15) is 24.4 Å². The molecule has 1 rings (SSSR count). The number of allylic oxidation sites excluding steroid dienone is 11. The molecule has 0 spiro atoms. The van der Waals surface area contributed by atoms with Crippen molar-refractivity contribution in [1.82, 2.24) is 5.32 Å². The van der Waals surface area contributed by atoms with Gasteiger partial charge in [-0.3, -0.25) is 9.59 Å². The molecule has 6 N–H and O–H groups in total. The van der Waals surface area contributed by atoms with Crippen LogP contribution in [-0.4, -0.2) is 99.6 Å². The standard InChI is InChI=1S/C64H113NO10/c1-4-7-10-13-16-19-22-24-26-28-29-30-32-34-37-40-43-46-49-52-59(69)75-62-61(71)60(70)58(53-66)74-64(62)73-54-55(56(67)50-47-44-41-38-35-21-18-15-12-9-6-3)65-63(72)57(68)51-48-45-42-39-36-33-31-27-25-23-20-17-14-11-8-5-2/h8,11,17,20,25,27,33,36,42,45,47,50,55-58,60-62,64,66-68,70-71H,4-7,9-10,12-16,18-19,21-24,26,28-32,34-35,37-41,43-44,46,48-49,51-54H2,1-3H3,(H,65,72)/b11-8-,20-17-,27-25-,36-33-,45-42-,50-47+. The topological polar surface area (TPSA) is 175 Å². The third-order valence-electron chi connectivity index (χ3n) is 14.1. The molecule has 11 heteroatoms. The van der Waals surface area contributed by atoms with Gasteiger partial charge in [-0.2, -0.15) is 0 Å². The third kappa shape index (κ3) is 40.0. The molecule has 8 unspecified atom stereocenters. The van der Waals surface area contributed by atoms with E-state index in [2.05, 4.69) is 74.7 Å². The first-order chi connectivity index (χ1) is 36.7. The smallest absolute Gasteiger partial charge is 0.306 e. The fraction of sp³-hybridized carbons (Fsp3) is 0.781. The van der Waals surface area contributed by atoms with Crippen LogP contribution in [0.2, 0.25) is 0 Å². The van der Waals surface area contributed by atoms with E-state index >= 15 is 0 Å². The van der Waals surface area contributed by atoms with E-state index in [1.165, 1.54) is 135 Å². The summed E-state index contributed by atoms with van der Waals surface area (Å²) in [5.41, 5.74) is 0. The lowest BCUT2D eigenvalue weighted by atomic mass is 9.99. The Kier molecular flexibility index (Phi) is 48.5. The lowest BCUT2D eigenvalue weighted by Crippen LogP contribution is -2.61. The predicted molar refractivity (Wildman–Crippen MR) is 310 cm³/mol. The van der Waals surface area contributed by atoms with Gasteiger partial charge < -0.3 is 45.1 Å². The summed E-state index contributed by atoms with van der Waals surface area (Å²) in [6.07, 6.45) is 55.3. The first-order valence-electron chi connectivity index (χ1n) is 30.7. The van der Waals surface area contributed by atoms with Crippen LogP contribution >= 0.6 is 0 Å². The van der Waals surface area contributed by atoms with Crippen molar-refractivity contribution >= 4 is 11.9 Å². The molecule has 0 aromatic rings. The van der Waals surface area contributed by atoms with E-state index in [-0.39, 0.29) is 19.4 Å². The van der Waals surface area contributed by atoms with Crippen molar-refractivity contribution in [3.05, 3.63) is 72.9 Å². The van der Waals surface area contributed by atoms with Crippen molar-refractivity contribution in [3.63, 3.8) is 0 Å². The van der Waals surface area contributed by atoms with Gasteiger partial charge in [0.05, 0.1) is 25.4 Å². The van der Waals surface area contributed by atoms with Crippen LogP contribution in [0.3, 0.4) is 0 Å². The molecule has 1 fully saturated rings. The van der Waals surface area contributed by atoms with Gasteiger partial charge in [-0.25, -0.2) is 0 Å². The normalized spacial score (nSPS) is 19.7. The SMILES string of the molecule is CC/C=C\C/C=C\C/C=C\C/C=C\C/C=C\CCC(O)C(=O)NC(COC1OC(CO)C(O)C(O)C1OC(=O)CCCCCCCCCCCCCCCCCCCCC)C(O)/C=C/CCCCCCCCCCC. The van der Waals surface area contributed by atoms with Crippen LogP contribution < -0.4 is 5.32 Å². The number of hydrogen-bond acceptors (Lipinski definition) is 10. The van der Waals surface area contributed by atoms with Crippen LogP contribution in [0.25, 0.3) is 0 Å². The van der Waals surface area contributed by atoms with E-state index in [0.717, 1.165) is 77.0 Å². The number of esters is 1. The number of unbranched alkanes of at least 4 members (excludes halogenated alkanes) is 27. The quantitative estimate of drug-likeness (QED) is 0.0195. The maximum absolute atomic E-state index is 13.4. The highest BCUT2D eigenvalue weighted by molar-refractivity contribution is 5.80. The molecular formula is C64H113NO10. The molecule has 11 nitrogen and oxygen atoms in total. The summed E-state index contributed by atoms with van der Waals surface area (Å²) in [6, 6.07) is -1.05. The van der Waals surface area contributed by atoms with Crippen LogP contribution in [0.1, 0.15) is 258 Å². The Hall–Kier alpha value is -2.90. The molecule has 0 bridgehead atoms. The van der Waals surface area contributed by atoms with Crippen LogP contribution in [0.5, 0.6) is 0 Å². The highest BCUT2D eigenvalue weighted by atomic mass is 16.7. The van der Waals surface area contributed by atoms with E-state index in [9.17, 15) is 35.1 Å². The Bertz CT molecular complexity index is 1490. The zero-order valence-electron chi connectivity index (χ0n) is 47.9. The van der Waals surface area contributed by atoms with Gasteiger partial charge in [0.15, 0.2) is 12.4 Å². The molecule has 1 heterocycles. The summed E-state index contributed by atoms with van der Waals surface area (Å²) in [5.74, 6) is -1.25. The fourth-order valence-corrected chi connectivity index (χ4v) is 9.27. The lowest BCUT2D eigenvalue weighted by molar-refractivity contribution is -0.305. The maximum atomic E-state index is 13.4. The number of hydrogen-bond donors (Lipinski definition) is 6. The number of carbonyl (C=O) groups is 2. The Labute approximate surface area is 458 Å². The molecule has 1 amide bonds. The average molecular weight is 1060 g/mol. The average Bonchev–Trinajstić information content (AvgIpc) is 3.41. The van der Waals surface area contributed by atoms with Crippen molar-refractivity contribution in [2.75, 3.05) is 13.2 Å². The molecular weight excluding hydrogens is 943 g/mol. The monoisotopic (exact) mass is 1060 g/mol. The van der Waals surface area contributed by atoms with Crippen molar-refractivity contribution in [1.29, 1.82) is 0 Å². The Morgan fingerprint density at radius 3 is 1.41 bits per heavy atom. The largest absolute Gasteiger partial charge is 0.454 e. The second-order valence-electron chi connectivity index (χ2n) is 21.1. The molecule has 0 radical (unpaired) electrons. The van der Waals surface area contributed by atoms with E-state index in [0.29, 0.717) is 12.8 Å². The molecule has 0 aromatic heterocycles. The molecule has 0 aromatic carbocycles. The van der Waals surface area contributed by atoms with E-state index in [1.807, 2.05) is 18.2 Å². The fourth-order valence-electron chi connectivity index (χ4n) is 9.27. The van der Waals surface area contributed by atoms with Crippen molar-refractivity contribution in [2.24, 2.45) is 0 Å². The first kappa shape index (κ1) is 70.1. The number of carbonyl (C=O) groups excluding carboxylic acids is 2. The van der Waals surface area contributed by atoms with E-state index in [1.54, 1.807) is 6.08 Å². The summed E-state index contributed by atoms with van der Waals surface area (Å²) in [6.45, 7) is 5.64. The summed E-state index contributed by atoms with van der Waals surface area (Å²) < 4.78 is 17.6. The number of ether oxygens (including phenoxy) is 3. The summed E-state index contributed by atoms with van der Waals surface area (Å²) >= 11 is 0. The van der Waals surface area contributed by atoms with Gasteiger partial charge in [0.2, 0.25) is 5.91 Å². The van der Waals surface area contributed by atoms with Crippen LogP contribution in [0, 0.1) is 0 Å². The predicted octanol–water partition coefficient (Wildman–Crippen LogP) is 14.4. The Morgan fingerprint density at radius 2 is 0.960 bits per heavy atom. The lowest BCUT2D eigenvalue weighted by Gasteiger charge is -2.41. The van der Waals surface area contributed by atoms with Gasteiger partial charge in [-0.05, 0) is 64.2 Å². The summed E-state index contributed by atoms with van der Waals surface area (Å²) in [5, 5.41) is 56.8. The molecule has 75 heavy (non-hydrogen) atoms. The third-order valence-corrected chi connectivity index (χ3v) is 14.1. The number of rotatable bonds is 51.